The molecule has 102 valence electrons. The molecule has 1 amide bonds. The molecular formula is C14H23NO3. The van der Waals surface area contributed by atoms with Gasteiger partial charge >= 0.3 is 5.97 Å². The summed E-state index contributed by atoms with van der Waals surface area (Å²) in [5.74, 6) is -0.199. The molecule has 2 atom stereocenters. The van der Waals surface area contributed by atoms with Crippen LogP contribution in [0.3, 0.4) is 0 Å². The van der Waals surface area contributed by atoms with Gasteiger partial charge in [0.25, 0.3) is 0 Å². The molecule has 0 aliphatic heterocycles. The van der Waals surface area contributed by atoms with Crippen molar-refractivity contribution in [1.82, 2.24) is 5.32 Å². The lowest BCUT2D eigenvalue weighted by molar-refractivity contribution is -0.152. The Labute approximate surface area is 108 Å². The first-order valence-electron chi connectivity index (χ1n) is 7.08. The van der Waals surface area contributed by atoms with Crippen LogP contribution in [0, 0.1) is 23.7 Å². The lowest BCUT2D eigenvalue weighted by atomic mass is 9.73. The number of carbonyl (C=O) groups excluding carboxylic acids is 1. The molecule has 0 heterocycles. The lowest BCUT2D eigenvalue weighted by Crippen LogP contribution is -2.45. The fourth-order valence-corrected chi connectivity index (χ4v) is 3.02. The molecule has 0 aromatic carbocycles. The van der Waals surface area contributed by atoms with Crippen molar-refractivity contribution in [2.24, 2.45) is 23.7 Å². The molecule has 2 N–H and O–H groups in total. The largest absolute Gasteiger partial charge is 0.481 e. The summed E-state index contributed by atoms with van der Waals surface area (Å²) in [7, 11) is 0. The molecule has 0 aromatic heterocycles. The van der Waals surface area contributed by atoms with Crippen LogP contribution in [0.2, 0.25) is 0 Å². The quantitative estimate of drug-likeness (QED) is 0.805. The average molecular weight is 253 g/mol. The predicted molar refractivity (Wildman–Crippen MR) is 68.0 cm³/mol. The van der Waals surface area contributed by atoms with Crippen LogP contribution in [-0.2, 0) is 9.59 Å². The molecule has 4 nitrogen and oxygen atoms in total. The maximum absolute atomic E-state index is 11.9. The molecule has 2 unspecified atom stereocenters. The normalized spacial score (nSPS) is 35.6. The third-order valence-electron chi connectivity index (χ3n) is 4.63. The fraction of sp³-hybridized carbons (Fsp3) is 0.857. The number of rotatable bonds is 4. The number of amides is 1. The second-order valence-electron chi connectivity index (χ2n) is 6.00. The molecule has 2 saturated carbocycles. The van der Waals surface area contributed by atoms with Gasteiger partial charge in [-0.3, -0.25) is 9.59 Å². The zero-order valence-electron chi connectivity index (χ0n) is 11.0. The van der Waals surface area contributed by atoms with Crippen LogP contribution < -0.4 is 5.32 Å². The van der Waals surface area contributed by atoms with E-state index in [1.165, 1.54) is 25.7 Å². The minimum atomic E-state index is -0.826. The van der Waals surface area contributed by atoms with Crippen LogP contribution in [0.4, 0.5) is 0 Å². The van der Waals surface area contributed by atoms with Crippen molar-refractivity contribution >= 4 is 11.9 Å². The summed E-state index contributed by atoms with van der Waals surface area (Å²) >= 11 is 0. The topological polar surface area (TPSA) is 66.4 Å². The van der Waals surface area contributed by atoms with Gasteiger partial charge in [-0.05, 0) is 37.5 Å². The van der Waals surface area contributed by atoms with Crippen LogP contribution in [0.1, 0.15) is 45.4 Å². The highest BCUT2D eigenvalue weighted by atomic mass is 16.4. The zero-order valence-corrected chi connectivity index (χ0v) is 11.0. The number of nitrogens with one attached hydrogen (secondary N) is 1. The van der Waals surface area contributed by atoms with Gasteiger partial charge in [-0.25, -0.2) is 0 Å². The van der Waals surface area contributed by atoms with Crippen LogP contribution in [0.25, 0.3) is 0 Å². The first-order valence-corrected chi connectivity index (χ1v) is 7.08. The third-order valence-corrected chi connectivity index (χ3v) is 4.63. The van der Waals surface area contributed by atoms with Crippen molar-refractivity contribution < 1.29 is 14.7 Å². The molecule has 0 aromatic rings. The summed E-state index contributed by atoms with van der Waals surface area (Å²) in [5.41, 5.74) is 0. The smallest absolute Gasteiger partial charge is 0.307 e. The molecule has 0 saturated heterocycles. The summed E-state index contributed by atoms with van der Waals surface area (Å²) in [6.45, 7) is 3.01. The Bertz CT molecular complexity index is 321. The van der Waals surface area contributed by atoms with Gasteiger partial charge in [0, 0.05) is 6.54 Å². The van der Waals surface area contributed by atoms with Gasteiger partial charge in [0.05, 0.1) is 11.8 Å². The van der Waals surface area contributed by atoms with Gasteiger partial charge in [0.1, 0.15) is 0 Å². The monoisotopic (exact) mass is 253 g/mol. The number of hydrogen-bond acceptors (Lipinski definition) is 2. The van der Waals surface area contributed by atoms with E-state index in [9.17, 15) is 9.59 Å². The van der Waals surface area contributed by atoms with Crippen LogP contribution in [0.5, 0.6) is 0 Å². The number of carboxylic acids is 1. The van der Waals surface area contributed by atoms with Gasteiger partial charge in [0.15, 0.2) is 0 Å². The summed E-state index contributed by atoms with van der Waals surface area (Å²) in [5, 5.41) is 11.9. The second kappa shape index (κ2) is 5.72. The van der Waals surface area contributed by atoms with E-state index in [4.69, 9.17) is 5.11 Å². The highest BCUT2D eigenvalue weighted by Crippen LogP contribution is 2.34. The van der Waals surface area contributed by atoms with Gasteiger partial charge < -0.3 is 10.4 Å². The first-order chi connectivity index (χ1) is 8.58. The predicted octanol–water partition coefficient (Wildman–Crippen LogP) is 2.04. The van der Waals surface area contributed by atoms with E-state index in [1.807, 2.05) is 0 Å². The van der Waals surface area contributed by atoms with Gasteiger partial charge in [-0.2, -0.15) is 0 Å². The maximum atomic E-state index is 11.9. The Hall–Kier alpha value is -1.06. The average Bonchev–Trinajstić information content (AvgIpc) is 2.26. The van der Waals surface area contributed by atoms with Crippen LogP contribution >= 0.6 is 0 Å². The van der Waals surface area contributed by atoms with E-state index in [2.05, 4.69) is 12.2 Å². The van der Waals surface area contributed by atoms with Crippen molar-refractivity contribution in [3.8, 4) is 0 Å². The highest BCUT2D eigenvalue weighted by Gasteiger charge is 2.41. The molecule has 4 heteroatoms. The zero-order chi connectivity index (χ0) is 13.1. The molecule has 0 spiro atoms. The summed E-state index contributed by atoms with van der Waals surface area (Å²) in [4.78, 5) is 22.7. The Kier molecular flexibility index (Phi) is 4.25. The van der Waals surface area contributed by atoms with E-state index in [0.717, 1.165) is 18.9 Å². The van der Waals surface area contributed by atoms with Crippen molar-refractivity contribution in [3.05, 3.63) is 0 Å². The summed E-state index contributed by atoms with van der Waals surface area (Å²) in [6.07, 6.45) is 6.26. The third kappa shape index (κ3) is 3.03. The van der Waals surface area contributed by atoms with E-state index >= 15 is 0 Å². The highest BCUT2D eigenvalue weighted by molar-refractivity contribution is 5.86. The minimum Gasteiger partial charge on any atom is -0.481 e. The summed E-state index contributed by atoms with van der Waals surface area (Å²) in [6, 6.07) is 0. The van der Waals surface area contributed by atoms with Gasteiger partial charge in [-0.1, -0.05) is 19.8 Å². The molecule has 18 heavy (non-hydrogen) atoms. The number of hydrogen-bond donors (Lipinski definition) is 2. The number of aliphatic carboxylic acids is 1. The molecule has 2 aliphatic rings. The number of carbonyl (C=O) groups is 2. The Morgan fingerprint density at radius 1 is 1.06 bits per heavy atom. The Balaban J connectivity index is 1.70. The van der Waals surface area contributed by atoms with E-state index < -0.39 is 11.9 Å². The Morgan fingerprint density at radius 2 is 1.67 bits per heavy atom. The van der Waals surface area contributed by atoms with Crippen LogP contribution in [-0.4, -0.2) is 23.5 Å². The second-order valence-corrected chi connectivity index (χ2v) is 6.00. The lowest BCUT2D eigenvalue weighted by Gasteiger charge is -2.33. The first kappa shape index (κ1) is 13.4. The molecule has 2 fully saturated rings. The van der Waals surface area contributed by atoms with E-state index in [1.54, 1.807) is 0 Å². The Morgan fingerprint density at radius 3 is 2.17 bits per heavy atom. The standard InChI is InChI=1S/C14H23NO3/c1-9-2-4-10(5-3-9)8-15-13(16)11-6-7-12(11)14(17)18/h9-12H,2-8H2,1H3,(H,15,16)(H,17,18). The molecule has 2 rings (SSSR count). The fourth-order valence-electron chi connectivity index (χ4n) is 3.02. The number of carboxylic acid groups (broad SMARTS) is 1. The van der Waals surface area contributed by atoms with Gasteiger partial charge in [0.2, 0.25) is 5.91 Å². The van der Waals surface area contributed by atoms with Gasteiger partial charge in [-0.15, -0.1) is 0 Å². The van der Waals surface area contributed by atoms with Crippen molar-refractivity contribution in [3.63, 3.8) is 0 Å². The van der Waals surface area contributed by atoms with E-state index in [0.29, 0.717) is 12.3 Å². The summed E-state index contributed by atoms with van der Waals surface area (Å²) < 4.78 is 0. The molecule has 0 bridgehead atoms. The minimum absolute atomic E-state index is 0.0488. The van der Waals surface area contributed by atoms with Crippen molar-refractivity contribution in [1.29, 1.82) is 0 Å². The SMILES string of the molecule is CC1CCC(CNC(=O)C2CCC2C(=O)O)CC1. The van der Waals surface area contributed by atoms with E-state index in [-0.39, 0.29) is 11.8 Å². The maximum Gasteiger partial charge on any atom is 0.307 e. The van der Waals surface area contributed by atoms with Crippen LogP contribution in [0.15, 0.2) is 0 Å². The molecule has 0 radical (unpaired) electrons. The van der Waals surface area contributed by atoms with Crippen molar-refractivity contribution in [2.45, 2.75) is 45.4 Å². The molecule has 2 aliphatic carbocycles. The van der Waals surface area contributed by atoms with Crippen molar-refractivity contribution in [2.75, 3.05) is 6.54 Å². The molecular weight excluding hydrogens is 230 g/mol.